The minimum Gasteiger partial charge on any atom is -0.394 e. The molecule has 0 unspecified atom stereocenters. The van der Waals surface area contributed by atoms with Gasteiger partial charge in [0.05, 0.1) is 19.8 Å². The van der Waals surface area contributed by atoms with Crippen molar-refractivity contribution in [2.75, 3.05) is 53.0 Å². The van der Waals surface area contributed by atoms with Crippen molar-refractivity contribution in [2.45, 2.75) is 6.04 Å². The van der Waals surface area contributed by atoms with Gasteiger partial charge in [0.1, 0.15) is 0 Å². The fourth-order valence-electron chi connectivity index (χ4n) is 4.04. The highest BCUT2D eigenvalue weighted by molar-refractivity contribution is 5.22. The number of benzene rings is 1. The molecular weight excluding hydrogens is 264 g/mol. The van der Waals surface area contributed by atoms with Crippen molar-refractivity contribution in [2.24, 2.45) is 11.8 Å². The molecule has 4 heteroatoms. The average molecular weight is 290 g/mol. The van der Waals surface area contributed by atoms with Gasteiger partial charge in [-0.1, -0.05) is 30.3 Å². The van der Waals surface area contributed by atoms with Crippen LogP contribution in [0.15, 0.2) is 30.3 Å². The highest BCUT2D eigenvalue weighted by Crippen LogP contribution is 2.43. The van der Waals surface area contributed by atoms with Crippen LogP contribution >= 0.6 is 0 Å². The van der Waals surface area contributed by atoms with E-state index in [1.807, 2.05) is 0 Å². The molecule has 4 nitrogen and oxygen atoms in total. The maximum atomic E-state index is 8.74. The molecule has 0 aliphatic carbocycles. The summed E-state index contributed by atoms with van der Waals surface area (Å²) in [6.45, 7) is 5.82. The maximum absolute atomic E-state index is 8.74. The average Bonchev–Trinajstić information content (AvgIpc) is 3.00. The number of hydrogen-bond donors (Lipinski definition) is 1. The second-order valence-corrected chi connectivity index (χ2v) is 6.31. The maximum Gasteiger partial charge on any atom is 0.0698 e. The molecule has 21 heavy (non-hydrogen) atoms. The predicted molar refractivity (Wildman–Crippen MR) is 83.1 cm³/mol. The molecule has 2 fully saturated rings. The Morgan fingerprint density at radius 2 is 1.95 bits per heavy atom. The first-order valence-corrected chi connectivity index (χ1v) is 7.95. The summed E-state index contributed by atoms with van der Waals surface area (Å²) < 4.78 is 5.40. The van der Waals surface area contributed by atoms with E-state index in [-0.39, 0.29) is 6.61 Å². The molecule has 0 aromatic heterocycles. The number of hydrogen-bond acceptors (Lipinski definition) is 4. The Balaban J connectivity index is 1.59. The van der Waals surface area contributed by atoms with Crippen molar-refractivity contribution >= 4 is 0 Å². The molecule has 3 rings (SSSR count). The van der Waals surface area contributed by atoms with Crippen molar-refractivity contribution in [3.8, 4) is 0 Å². The van der Waals surface area contributed by atoms with Crippen LogP contribution in [0.25, 0.3) is 0 Å². The molecule has 1 aromatic carbocycles. The van der Waals surface area contributed by atoms with Crippen molar-refractivity contribution in [3.05, 3.63) is 35.9 Å². The van der Waals surface area contributed by atoms with Gasteiger partial charge in [0, 0.05) is 32.2 Å². The normalized spacial score (nSPS) is 29.9. The van der Waals surface area contributed by atoms with Gasteiger partial charge in [0.25, 0.3) is 0 Å². The van der Waals surface area contributed by atoms with E-state index >= 15 is 0 Å². The van der Waals surface area contributed by atoms with Crippen LogP contribution in [0.1, 0.15) is 11.6 Å². The van der Waals surface area contributed by atoms with Crippen molar-refractivity contribution in [1.29, 1.82) is 0 Å². The van der Waals surface area contributed by atoms with E-state index in [1.165, 1.54) is 18.7 Å². The Bertz CT molecular complexity index is 440. The second-order valence-electron chi connectivity index (χ2n) is 6.31. The van der Waals surface area contributed by atoms with Crippen LogP contribution in [0.5, 0.6) is 0 Å². The quantitative estimate of drug-likeness (QED) is 0.800. The number of nitrogens with zero attached hydrogens (tertiary/aromatic N) is 2. The Kier molecular flexibility index (Phi) is 4.91. The van der Waals surface area contributed by atoms with Gasteiger partial charge in [-0.25, -0.2) is 0 Å². The third-order valence-corrected chi connectivity index (χ3v) is 4.90. The highest BCUT2D eigenvalue weighted by atomic mass is 16.5. The standard InChI is InChI=1S/C17H26N2O2/c1-18-11-15-12-19(7-9-21-10-8-20)13-16(15)17(18)14-5-3-2-4-6-14/h2-6,15-17,20H,7-13H2,1H3/t15-,16+,17-/m0/s1. The van der Waals surface area contributed by atoms with Crippen LogP contribution in [-0.2, 0) is 4.74 Å². The van der Waals surface area contributed by atoms with Crippen molar-refractivity contribution in [3.63, 3.8) is 0 Å². The van der Waals surface area contributed by atoms with Gasteiger partial charge < -0.3 is 14.7 Å². The minimum absolute atomic E-state index is 0.117. The van der Waals surface area contributed by atoms with E-state index in [9.17, 15) is 0 Å². The lowest BCUT2D eigenvalue weighted by molar-refractivity contribution is 0.0752. The molecule has 2 aliphatic rings. The first-order chi connectivity index (χ1) is 10.3. The Labute approximate surface area is 127 Å². The smallest absolute Gasteiger partial charge is 0.0698 e. The number of aliphatic hydroxyl groups is 1. The number of aliphatic hydroxyl groups excluding tert-OH is 1. The number of rotatable bonds is 6. The first kappa shape index (κ1) is 15.0. The lowest BCUT2D eigenvalue weighted by Gasteiger charge is -2.26. The van der Waals surface area contributed by atoms with E-state index in [4.69, 9.17) is 9.84 Å². The number of ether oxygens (including phenoxy) is 1. The summed E-state index contributed by atoms with van der Waals surface area (Å²) >= 11 is 0. The zero-order chi connectivity index (χ0) is 14.7. The minimum atomic E-state index is 0.117. The summed E-state index contributed by atoms with van der Waals surface area (Å²) in [5, 5.41) is 8.74. The van der Waals surface area contributed by atoms with E-state index in [2.05, 4.69) is 47.2 Å². The topological polar surface area (TPSA) is 35.9 Å². The SMILES string of the molecule is CN1C[C@H]2CN(CCOCCO)C[C@H]2[C@@H]1c1ccccc1. The highest BCUT2D eigenvalue weighted by Gasteiger charge is 2.45. The fraction of sp³-hybridized carbons (Fsp3) is 0.647. The molecular formula is C17H26N2O2. The molecule has 116 valence electrons. The molecule has 2 heterocycles. The number of likely N-dealkylation sites (tertiary alicyclic amines) is 2. The monoisotopic (exact) mass is 290 g/mol. The van der Waals surface area contributed by atoms with Crippen LogP contribution < -0.4 is 0 Å². The molecule has 0 bridgehead atoms. The Morgan fingerprint density at radius 3 is 2.71 bits per heavy atom. The van der Waals surface area contributed by atoms with Gasteiger partial charge in [0.2, 0.25) is 0 Å². The molecule has 1 aromatic rings. The van der Waals surface area contributed by atoms with Crippen LogP contribution in [0.4, 0.5) is 0 Å². The summed E-state index contributed by atoms with van der Waals surface area (Å²) in [6, 6.07) is 11.5. The van der Waals surface area contributed by atoms with Crippen LogP contribution in [0.2, 0.25) is 0 Å². The van der Waals surface area contributed by atoms with E-state index in [0.29, 0.717) is 12.6 Å². The second kappa shape index (κ2) is 6.88. The van der Waals surface area contributed by atoms with Crippen LogP contribution in [0.3, 0.4) is 0 Å². The van der Waals surface area contributed by atoms with Crippen LogP contribution in [0, 0.1) is 11.8 Å². The molecule has 2 saturated heterocycles. The molecule has 0 saturated carbocycles. The molecule has 0 spiro atoms. The van der Waals surface area contributed by atoms with Gasteiger partial charge in [-0.2, -0.15) is 0 Å². The molecule has 1 N–H and O–H groups in total. The Hall–Kier alpha value is -0.940. The van der Waals surface area contributed by atoms with Gasteiger partial charge in [-0.3, -0.25) is 4.90 Å². The fourth-order valence-corrected chi connectivity index (χ4v) is 4.04. The first-order valence-electron chi connectivity index (χ1n) is 7.95. The van der Waals surface area contributed by atoms with Crippen molar-refractivity contribution < 1.29 is 9.84 Å². The van der Waals surface area contributed by atoms with E-state index in [0.717, 1.165) is 31.5 Å². The summed E-state index contributed by atoms with van der Waals surface area (Å²) in [5.41, 5.74) is 1.45. The van der Waals surface area contributed by atoms with Gasteiger partial charge in [-0.15, -0.1) is 0 Å². The lowest BCUT2D eigenvalue weighted by atomic mass is 9.90. The molecule has 2 aliphatic heterocycles. The van der Waals surface area contributed by atoms with E-state index in [1.54, 1.807) is 0 Å². The Morgan fingerprint density at radius 1 is 1.14 bits per heavy atom. The number of fused-ring (bicyclic) bond motifs is 1. The predicted octanol–water partition coefficient (Wildman–Crippen LogP) is 1.23. The summed E-state index contributed by atoms with van der Waals surface area (Å²) in [5.74, 6) is 1.51. The lowest BCUT2D eigenvalue weighted by Crippen LogP contribution is -2.31. The van der Waals surface area contributed by atoms with Gasteiger partial charge in [-0.05, 0) is 24.4 Å². The largest absolute Gasteiger partial charge is 0.394 e. The third kappa shape index (κ3) is 3.29. The molecule has 0 amide bonds. The molecule has 3 atom stereocenters. The summed E-state index contributed by atoms with van der Waals surface area (Å²) in [6.07, 6.45) is 0. The summed E-state index contributed by atoms with van der Waals surface area (Å²) in [7, 11) is 2.25. The zero-order valence-electron chi connectivity index (χ0n) is 12.8. The van der Waals surface area contributed by atoms with Gasteiger partial charge >= 0.3 is 0 Å². The van der Waals surface area contributed by atoms with Crippen molar-refractivity contribution in [1.82, 2.24) is 9.80 Å². The van der Waals surface area contributed by atoms with Crippen LogP contribution in [-0.4, -0.2) is 68.0 Å². The summed E-state index contributed by atoms with van der Waals surface area (Å²) in [4.78, 5) is 5.04. The molecule has 0 radical (unpaired) electrons. The third-order valence-electron chi connectivity index (χ3n) is 4.90. The van der Waals surface area contributed by atoms with Gasteiger partial charge in [0.15, 0.2) is 0 Å². The van der Waals surface area contributed by atoms with E-state index < -0.39 is 0 Å². The zero-order valence-corrected chi connectivity index (χ0v) is 12.8.